The van der Waals surface area contributed by atoms with Gasteiger partial charge in [-0.2, -0.15) is 0 Å². The number of rotatable bonds is 4. The number of hydrogen-bond donors (Lipinski definition) is 1. The lowest BCUT2D eigenvalue weighted by Gasteiger charge is -2.08. The van der Waals surface area contributed by atoms with E-state index < -0.39 is 0 Å². The molecule has 0 unspecified atom stereocenters. The Hall–Kier alpha value is -1.50. The molecule has 0 saturated carbocycles. The topological polar surface area (TPSA) is 38.7 Å². The molecule has 0 aliphatic carbocycles. The van der Waals surface area contributed by atoms with E-state index in [1.807, 2.05) is 25.1 Å². The maximum absolute atomic E-state index is 8.62. The molecule has 0 aromatic heterocycles. The minimum atomic E-state index is -0.132. The lowest BCUT2D eigenvalue weighted by atomic mass is 10.1. The number of hydrogen-bond acceptors (Lipinski definition) is 3. The first-order valence-corrected chi connectivity index (χ1v) is 5.16. The van der Waals surface area contributed by atoms with Crippen LogP contribution in [0.2, 0.25) is 0 Å². The van der Waals surface area contributed by atoms with Crippen LogP contribution >= 0.6 is 0 Å². The summed E-state index contributed by atoms with van der Waals surface area (Å²) in [6.45, 7) is 2.98. The van der Waals surface area contributed by atoms with Crippen molar-refractivity contribution in [1.29, 1.82) is 0 Å². The first-order chi connectivity index (χ1) is 7.81. The van der Waals surface area contributed by atoms with Crippen molar-refractivity contribution < 1.29 is 14.6 Å². The van der Waals surface area contributed by atoms with Crippen LogP contribution in [0.4, 0.5) is 0 Å². The minimum Gasteiger partial charge on any atom is -0.496 e. The number of benzene rings is 1. The number of methoxy groups -OCH3 is 1. The Labute approximate surface area is 96.0 Å². The Morgan fingerprint density at radius 3 is 2.81 bits per heavy atom. The van der Waals surface area contributed by atoms with Gasteiger partial charge >= 0.3 is 0 Å². The van der Waals surface area contributed by atoms with Gasteiger partial charge in [0.2, 0.25) is 0 Å². The van der Waals surface area contributed by atoms with Gasteiger partial charge in [0.05, 0.1) is 13.7 Å². The predicted octanol–water partition coefficient (Wildman–Crippen LogP) is 1.58. The molecule has 1 aromatic carbocycles. The van der Waals surface area contributed by atoms with Crippen molar-refractivity contribution in [2.24, 2.45) is 0 Å². The summed E-state index contributed by atoms with van der Waals surface area (Å²) in [6, 6.07) is 5.63. The summed E-state index contributed by atoms with van der Waals surface area (Å²) in [4.78, 5) is 0. The third-order valence-electron chi connectivity index (χ3n) is 2.05. The summed E-state index contributed by atoms with van der Waals surface area (Å²) in [7, 11) is 1.63. The van der Waals surface area contributed by atoms with Gasteiger partial charge in [0.15, 0.2) is 0 Å². The molecule has 0 aliphatic heterocycles. The Morgan fingerprint density at radius 2 is 2.19 bits per heavy atom. The van der Waals surface area contributed by atoms with Crippen molar-refractivity contribution >= 4 is 0 Å². The molecule has 0 fully saturated rings. The SMILES string of the molecule is CCOCc1cc(C#CCO)ccc1OC. The summed E-state index contributed by atoms with van der Waals surface area (Å²) in [5.74, 6) is 6.26. The zero-order valence-corrected chi connectivity index (χ0v) is 9.62. The molecule has 0 bridgehead atoms. The molecule has 1 rings (SSSR count). The maximum atomic E-state index is 8.62. The molecular weight excluding hydrogens is 204 g/mol. The van der Waals surface area contributed by atoms with E-state index in [1.54, 1.807) is 7.11 Å². The van der Waals surface area contributed by atoms with Crippen LogP contribution in [0.25, 0.3) is 0 Å². The van der Waals surface area contributed by atoms with E-state index >= 15 is 0 Å². The zero-order chi connectivity index (χ0) is 11.8. The van der Waals surface area contributed by atoms with Crippen molar-refractivity contribution in [1.82, 2.24) is 0 Å². The molecule has 1 N–H and O–H groups in total. The highest BCUT2D eigenvalue weighted by Gasteiger charge is 2.03. The predicted molar refractivity (Wildman–Crippen MR) is 62.3 cm³/mol. The van der Waals surface area contributed by atoms with Gasteiger partial charge in [0.1, 0.15) is 12.4 Å². The molecule has 0 saturated heterocycles. The molecule has 16 heavy (non-hydrogen) atoms. The Balaban J connectivity index is 2.91. The normalized spacial score (nSPS) is 9.44. The summed E-state index contributed by atoms with van der Waals surface area (Å²) < 4.78 is 10.6. The summed E-state index contributed by atoms with van der Waals surface area (Å²) in [5.41, 5.74) is 1.82. The third-order valence-corrected chi connectivity index (χ3v) is 2.05. The highest BCUT2D eigenvalue weighted by molar-refractivity contribution is 5.44. The van der Waals surface area contributed by atoms with E-state index in [-0.39, 0.29) is 6.61 Å². The quantitative estimate of drug-likeness (QED) is 0.783. The van der Waals surface area contributed by atoms with Crippen LogP contribution in [-0.4, -0.2) is 25.4 Å². The fraction of sp³-hybridized carbons (Fsp3) is 0.385. The van der Waals surface area contributed by atoms with E-state index in [9.17, 15) is 0 Å². The zero-order valence-electron chi connectivity index (χ0n) is 9.62. The number of ether oxygens (including phenoxy) is 2. The first kappa shape index (κ1) is 12.6. The van der Waals surface area contributed by atoms with E-state index in [0.717, 1.165) is 16.9 Å². The summed E-state index contributed by atoms with van der Waals surface area (Å²) >= 11 is 0. The third kappa shape index (κ3) is 3.58. The number of aliphatic hydroxyl groups is 1. The molecule has 0 spiro atoms. The molecule has 0 atom stereocenters. The van der Waals surface area contributed by atoms with Crippen molar-refractivity contribution in [3.8, 4) is 17.6 Å². The van der Waals surface area contributed by atoms with Gasteiger partial charge in [0, 0.05) is 17.7 Å². The summed E-state index contributed by atoms with van der Waals surface area (Å²) in [6.07, 6.45) is 0. The molecule has 0 heterocycles. The molecule has 3 heteroatoms. The maximum Gasteiger partial charge on any atom is 0.124 e. The molecule has 0 amide bonds. The Bertz CT molecular complexity index is 388. The van der Waals surface area contributed by atoms with Crippen LogP contribution in [0, 0.1) is 11.8 Å². The Morgan fingerprint density at radius 1 is 1.38 bits per heavy atom. The van der Waals surface area contributed by atoms with Gasteiger partial charge in [-0.3, -0.25) is 0 Å². The molecule has 0 radical (unpaired) electrons. The highest BCUT2D eigenvalue weighted by Crippen LogP contribution is 2.20. The van der Waals surface area contributed by atoms with E-state index in [4.69, 9.17) is 14.6 Å². The van der Waals surface area contributed by atoms with Crippen LogP contribution in [0.1, 0.15) is 18.1 Å². The highest BCUT2D eigenvalue weighted by atomic mass is 16.5. The monoisotopic (exact) mass is 220 g/mol. The van der Waals surface area contributed by atoms with Crippen molar-refractivity contribution in [3.05, 3.63) is 29.3 Å². The largest absolute Gasteiger partial charge is 0.496 e. The second-order valence-corrected chi connectivity index (χ2v) is 3.12. The molecule has 1 aromatic rings. The van der Waals surface area contributed by atoms with Crippen LogP contribution in [-0.2, 0) is 11.3 Å². The van der Waals surface area contributed by atoms with Crippen LogP contribution in [0.15, 0.2) is 18.2 Å². The molecule has 0 aliphatic rings. The fourth-order valence-corrected chi connectivity index (χ4v) is 1.32. The summed E-state index contributed by atoms with van der Waals surface area (Å²) in [5, 5.41) is 8.62. The van der Waals surface area contributed by atoms with Gasteiger partial charge in [-0.05, 0) is 25.1 Å². The van der Waals surface area contributed by atoms with Gasteiger partial charge in [-0.15, -0.1) is 0 Å². The average Bonchev–Trinajstić information content (AvgIpc) is 2.33. The van der Waals surface area contributed by atoms with Gasteiger partial charge in [-0.1, -0.05) is 11.8 Å². The molecular formula is C13H16O3. The minimum absolute atomic E-state index is 0.132. The van der Waals surface area contributed by atoms with E-state index in [0.29, 0.717) is 13.2 Å². The lowest BCUT2D eigenvalue weighted by molar-refractivity contribution is 0.132. The van der Waals surface area contributed by atoms with Crippen molar-refractivity contribution in [2.75, 3.05) is 20.3 Å². The average molecular weight is 220 g/mol. The molecule has 3 nitrogen and oxygen atoms in total. The van der Waals surface area contributed by atoms with Crippen molar-refractivity contribution in [2.45, 2.75) is 13.5 Å². The standard InChI is InChI=1S/C13H16O3/c1-3-16-10-12-9-11(5-4-8-14)6-7-13(12)15-2/h6-7,9,14H,3,8,10H2,1-2H3. The fourth-order valence-electron chi connectivity index (χ4n) is 1.32. The van der Waals surface area contributed by atoms with E-state index in [1.165, 1.54) is 0 Å². The Kier molecular flexibility index (Phi) is 5.41. The second kappa shape index (κ2) is 6.89. The lowest BCUT2D eigenvalue weighted by Crippen LogP contribution is -1.97. The second-order valence-electron chi connectivity index (χ2n) is 3.12. The van der Waals surface area contributed by atoms with E-state index in [2.05, 4.69) is 11.8 Å². The van der Waals surface area contributed by atoms with Gasteiger partial charge in [-0.25, -0.2) is 0 Å². The van der Waals surface area contributed by atoms with Crippen LogP contribution in [0.3, 0.4) is 0 Å². The van der Waals surface area contributed by atoms with Crippen LogP contribution in [0.5, 0.6) is 5.75 Å². The molecule has 86 valence electrons. The van der Waals surface area contributed by atoms with Crippen LogP contribution < -0.4 is 4.74 Å². The number of aliphatic hydroxyl groups excluding tert-OH is 1. The van der Waals surface area contributed by atoms with Gasteiger partial charge in [0.25, 0.3) is 0 Å². The van der Waals surface area contributed by atoms with Gasteiger partial charge < -0.3 is 14.6 Å². The van der Waals surface area contributed by atoms with Crippen molar-refractivity contribution in [3.63, 3.8) is 0 Å². The first-order valence-electron chi connectivity index (χ1n) is 5.16. The smallest absolute Gasteiger partial charge is 0.124 e.